The molecule has 4 rings (SSSR count). The Morgan fingerprint density at radius 3 is 2.07 bits per heavy atom. The molecule has 0 aromatic heterocycles. The number of likely N-dealkylation sites (N-methyl/N-ethyl adjacent to an activating group) is 1. The van der Waals surface area contributed by atoms with Crippen molar-refractivity contribution >= 4 is 33.5 Å². The minimum absolute atomic E-state index is 0.118. The van der Waals surface area contributed by atoms with Gasteiger partial charge in [0.2, 0.25) is 5.91 Å². The summed E-state index contributed by atoms with van der Waals surface area (Å²) in [6.45, 7) is 0. The lowest BCUT2D eigenvalue weighted by Gasteiger charge is -2.25. The summed E-state index contributed by atoms with van der Waals surface area (Å²) >= 11 is 0. The summed E-state index contributed by atoms with van der Waals surface area (Å²) in [5.41, 5.74) is 1.47. The van der Waals surface area contributed by atoms with Gasteiger partial charge in [-0.05, 0) is 54.1 Å². The molecule has 11 heteroatoms. The van der Waals surface area contributed by atoms with E-state index in [4.69, 9.17) is 9.47 Å². The number of rotatable bonds is 11. The van der Waals surface area contributed by atoms with Crippen LogP contribution in [0.2, 0.25) is 0 Å². The number of hydrogen-bond acceptors (Lipinski definition) is 6. The second-order valence-corrected chi connectivity index (χ2v) is 10.3. The van der Waals surface area contributed by atoms with E-state index in [1.54, 1.807) is 80.9 Å². The number of ether oxygens (including phenoxy) is 2. The molecule has 4 aromatic carbocycles. The summed E-state index contributed by atoms with van der Waals surface area (Å²) < 4.78 is 41.0. The third-order valence-corrected chi connectivity index (χ3v) is 6.95. The lowest BCUT2D eigenvalue weighted by Crippen LogP contribution is -2.53. The van der Waals surface area contributed by atoms with Crippen molar-refractivity contribution in [3.63, 3.8) is 0 Å². The zero-order valence-corrected chi connectivity index (χ0v) is 23.3. The van der Waals surface area contributed by atoms with E-state index in [1.165, 1.54) is 11.0 Å². The molecule has 3 amide bonds. The predicted octanol–water partition coefficient (Wildman–Crippen LogP) is 4.72. The van der Waals surface area contributed by atoms with Crippen LogP contribution >= 0.6 is 0 Å². The van der Waals surface area contributed by atoms with Gasteiger partial charge in [0.05, 0.1) is 12.8 Å². The molecule has 41 heavy (non-hydrogen) atoms. The normalized spacial score (nSPS) is 11.6. The monoisotopic (exact) mass is 574 g/mol. The maximum Gasteiger partial charge on any atom is 0.330 e. The van der Waals surface area contributed by atoms with E-state index < -0.39 is 28.2 Å². The van der Waals surface area contributed by atoms with Crippen LogP contribution in [-0.2, 0) is 21.4 Å². The van der Waals surface area contributed by atoms with Crippen molar-refractivity contribution in [2.45, 2.75) is 12.5 Å². The smallest absolute Gasteiger partial charge is 0.330 e. The van der Waals surface area contributed by atoms with Crippen LogP contribution in [0, 0.1) is 0 Å². The van der Waals surface area contributed by atoms with Crippen LogP contribution in [0.5, 0.6) is 17.2 Å². The summed E-state index contributed by atoms with van der Waals surface area (Å²) in [5.74, 6) is 0.929. The Morgan fingerprint density at radius 2 is 1.41 bits per heavy atom. The molecule has 10 nitrogen and oxygen atoms in total. The van der Waals surface area contributed by atoms with E-state index in [2.05, 4.69) is 10.0 Å². The molecule has 0 saturated carbocycles. The number of carbonyl (C=O) groups excluding carboxylic acids is 2. The summed E-state index contributed by atoms with van der Waals surface area (Å²) in [5, 5.41) is 2.52. The minimum Gasteiger partial charge on any atom is -0.497 e. The lowest BCUT2D eigenvalue weighted by atomic mass is 10.0. The number of urea groups is 1. The highest BCUT2D eigenvalue weighted by Crippen LogP contribution is 2.29. The number of nitrogens with one attached hydrogen (secondary N) is 3. The molecule has 0 radical (unpaired) electrons. The van der Waals surface area contributed by atoms with Gasteiger partial charge in [-0.15, -0.1) is 0 Å². The van der Waals surface area contributed by atoms with Crippen LogP contribution in [0.3, 0.4) is 0 Å². The molecule has 3 N–H and O–H groups in total. The zero-order chi connectivity index (χ0) is 29.2. The van der Waals surface area contributed by atoms with Crippen LogP contribution in [0.1, 0.15) is 5.56 Å². The highest BCUT2D eigenvalue weighted by molar-refractivity contribution is 7.91. The van der Waals surface area contributed by atoms with Crippen molar-refractivity contribution in [2.75, 3.05) is 23.8 Å². The number of anilines is 2. The second-order valence-electron chi connectivity index (χ2n) is 8.93. The van der Waals surface area contributed by atoms with Crippen LogP contribution in [-0.4, -0.2) is 40.6 Å². The molecule has 0 bridgehead atoms. The van der Waals surface area contributed by atoms with E-state index in [9.17, 15) is 18.0 Å². The summed E-state index contributed by atoms with van der Waals surface area (Å²) in [7, 11) is -1.29. The highest BCUT2D eigenvalue weighted by Gasteiger charge is 2.27. The number of amides is 3. The number of benzene rings is 4. The Balaban J connectivity index is 1.48. The maximum atomic E-state index is 13.5. The fourth-order valence-corrected chi connectivity index (χ4v) is 4.76. The van der Waals surface area contributed by atoms with E-state index in [1.807, 2.05) is 41.1 Å². The summed E-state index contributed by atoms with van der Waals surface area (Å²) in [4.78, 5) is 27.8. The standard InChI is InChI=1S/C30H30N4O6S/c1-34(23-17-19-24(39-2)20-18-23)29(35)27(21-22-11-5-3-6-12-22)31-30(36)33-41(37,38)32-26-15-9-10-16-28(26)40-25-13-7-4-8-14-25/h3-20,27,32H,21H2,1-2H3,(H2,31,33,36). The topological polar surface area (TPSA) is 126 Å². The van der Waals surface area contributed by atoms with Crippen LogP contribution in [0.4, 0.5) is 16.2 Å². The minimum atomic E-state index is -4.40. The molecule has 0 heterocycles. The van der Waals surface area contributed by atoms with Gasteiger partial charge in [-0.1, -0.05) is 60.7 Å². The Hall–Kier alpha value is -5.03. The van der Waals surface area contributed by atoms with Gasteiger partial charge in [0.15, 0.2) is 5.75 Å². The van der Waals surface area contributed by atoms with Crippen molar-refractivity contribution < 1.29 is 27.5 Å². The van der Waals surface area contributed by atoms with E-state index in [-0.39, 0.29) is 17.9 Å². The van der Waals surface area contributed by atoms with E-state index in [0.717, 1.165) is 5.56 Å². The molecular weight excluding hydrogens is 544 g/mol. The van der Waals surface area contributed by atoms with Gasteiger partial charge in [-0.3, -0.25) is 9.52 Å². The molecule has 212 valence electrons. The molecule has 0 saturated heterocycles. The SMILES string of the molecule is COc1ccc(N(C)C(=O)C(Cc2ccccc2)NC(=O)NS(=O)(=O)Nc2ccccc2Oc2ccccc2)cc1. The molecule has 0 aliphatic heterocycles. The van der Waals surface area contributed by atoms with Gasteiger partial charge < -0.3 is 19.7 Å². The van der Waals surface area contributed by atoms with Crippen LogP contribution < -0.4 is 29.1 Å². The van der Waals surface area contributed by atoms with Crippen LogP contribution in [0.15, 0.2) is 109 Å². The van der Waals surface area contributed by atoms with Crippen molar-refractivity contribution in [2.24, 2.45) is 0 Å². The molecule has 0 spiro atoms. The Kier molecular flexibility index (Phi) is 9.43. The first-order chi connectivity index (χ1) is 19.7. The van der Waals surface area contributed by atoms with Gasteiger partial charge >= 0.3 is 16.2 Å². The third-order valence-electron chi connectivity index (χ3n) is 6.01. The van der Waals surface area contributed by atoms with E-state index >= 15 is 0 Å². The Morgan fingerprint density at radius 1 is 0.805 bits per heavy atom. The number of para-hydroxylation sites is 3. The summed E-state index contributed by atoms with van der Waals surface area (Å²) in [6.07, 6.45) is 0.134. The first-order valence-electron chi connectivity index (χ1n) is 12.6. The van der Waals surface area contributed by atoms with E-state index in [0.29, 0.717) is 17.2 Å². The molecular formula is C30H30N4O6S. The molecule has 4 aromatic rings. The largest absolute Gasteiger partial charge is 0.497 e. The quantitative estimate of drug-likeness (QED) is 0.238. The van der Waals surface area contributed by atoms with Crippen molar-refractivity contribution in [1.82, 2.24) is 10.0 Å². The van der Waals surface area contributed by atoms with Crippen molar-refractivity contribution in [3.05, 3.63) is 115 Å². The van der Waals surface area contributed by atoms with Crippen molar-refractivity contribution in [1.29, 1.82) is 0 Å². The fourth-order valence-electron chi connectivity index (χ4n) is 3.95. The maximum absolute atomic E-state index is 13.5. The molecule has 0 aliphatic rings. The van der Waals surface area contributed by atoms with Gasteiger partial charge in [-0.25, -0.2) is 9.52 Å². The lowest BCUT2D eigenvalue weighted by molar-refractivity contribution is -0.120. The second kappa shape index (κ2) is 13.4. The molecule has 0 aliphatic carbocycles. The molecule has 1 unspecified atom stereocenters. The van der Waals surface area contributed by atoms with Gasteiger partial charge in [0, 0.05) is 19.2 Å². The first-order valence-corrected chi connectivity index (χ1v) is 14.1. The number of methoxy groups -OCH3 is 1. The molecule has 1 atom stereocenters. The summed E-state index contributed by atoms with van der Waals surface area (Å²) in [6, 6.07) is 29.0. The van der Waals surface area contributed by atoms with Crippen LogP contribution in [0.25, 0.3) is 0 Å². The van der Waals surface area contributed by atoms with Crippen molar-refractivity contribution in [3.8, 4) is 17.2 Å². The highest BCUT2D eigenvalue weighted by atomic mass is 32.2. The number of nitrogens with zero attached hydrogens (tertiary/aromatic N) is 1. The van der Waals surface area contributed by atoms with Gasteiger partial charge in [0.25, 0.3) is 0 Å². The fraction of sp³-hybridized carbons (Fsp3) is 0.133. The first kappa shape index (κ1) is 29.0. The predicted molar refractivity (Wildman–Crippen MR) is 158 cm³/mol. The number of hydrogen-bond donors (Lipinski definition) is 3. The zero-order valence-electron chi connectivity index (χ0n) is 22.5. The van der Waals surface area contributed by atoms with Gasteiger partial charge in [0.1, 0.15) is 17.5 Å². The number of carbonyl (C=O) groups is 2. The molecule has 0 fully saturated rings. The van der Waals surface area contributed by atoms with Gasteiger partial charge in [-0.2, -0.15) is 8.42 Å². The average molecular weight is 575 g/mol. The average Bonchev–Trinajstić information content (AvgIpc) is 2.97. The Bertz CT molecular complexity index is 1570. The Labute approximate surface area is 239 Å². The third kappa shape index (κ3) is 8.23.